The Labute approximate surface area is 140 Å². The predicted molar refractivity (Wildman–Crippen MR) is 91.7 cm³/mol. The number of nitrogens with one attached hydrogen (secondary N) is 2. The largest absolute Gasteiger partial charge is 0.343 e. The standard InChI is InChI=1S/C18H21N5O/c1-23-15-10-6-5-9-14(15)20-16(23)11-19-18(24)17-12-7-3-2-4-8-13(12)21-22-17/h5-6,9-10H,2-4,7-8,11H2,1H3,(H,19,24)(H,21,22). The maximum Gasteiger partial charge on any atom is 0.272 e. The minimum absolute atomic E-state index is 0.124. The SMILES string of the molecule is Cn1c(CNC(=O)c2n[nH]c3c2CCCCC3)nc2ccccc21. The first-order valence-electron chi connectivity index (χ1n) is 8.48. The number of para-hydroxylation sites is 2. The summed E-state index contributed by atoms with van der Waals surface area (Å²) in [6, 6.07) is 7.97. The number of carbonyl (C=O) groups is 1. The number of nitrogens with zero attached hydrogens (tertiary/aromatic N) is 3. The first-order chi connectivity index (χ1) is 11.7. The van der Waals surface area contributed by atoms with E-state index in [1.807, 2.05) is 35.9 Å². The zero-order valence-corrected chi connectivity index (χ0v) is 13.8. The summed E-state index contributed by atoms with van der Waals surface area (Å²) in [6.45, 7) is 0.394. The van der Waals surface area contributed by atoms with Gasteiger partial charge in [0.05, 0.1) is 17.6 Å². The summed E-state index contributed by atoms with van der Waals surface area (Å²) in [5.41, 5.74) is 4.77. The van der Waals surface area contributed by atoms with Crippen molar-refractivity contribution in [3.8, 4) is 0 Å². The first kappa shape index (κ1) is 14.9. The number of aryl methyl sites for hydroxylation is 2. The summed E-state index contributed by atoms with van der Waals surface area (Å²) in [6.07, 6.45) is 5.42. The smallest absolute Gasteiger partial charge is 0.272 e. The molecule has 2 heterocycles. The maximum absolute atomic E-state index is 12.6. The lowest BCUT2D eigenvalue weighted by Crippen LogP contribution is -2.25. The molecule has 4 rings (SSSR count). The molecule has 0 saturated carbocycles. The predicted octanol–water partition coefficient (Wildman–Crippen LogP) is 2.50. The van der Waals surface area contributed by atoms with Crippen molar-refractivity contribution in [1.82, 2.24) is 25.1 Å². The van der Waals surface area contributed by atoms with Crippen molar-refractivity contribution in [1.29, 1.82) is 0 Å². The number of amides is 1. The highest BCUT2D eigenvalue weighted by Crippen LogP contribution is 2.21. The highest BCUT2D eigenvalue weighted by molar-refractivity contribution is 5.94. The Morgan fingerprint density at radius 1 is 1.25 bits per heavy atom. The number of fused-ring (bicyclic) bond motifs is 2. The van der Waals surface area contributed by atoms with Gasteiger partial charge in [-0.2, -0.15) is 5.10 Å². The molecule has 1 aromatic carbocycles. The third kappa shape index (κ3) is 2.58. The van der Waals surface area contributed by atoms with Crippen LogP contribution in [0.2, 0.25) is 0 Å². The summed E-state index contributed by atoms with van der Waals surface area (Å²) in [5.74, 6) is 0.715. The van der Waals surface area contributed by atoms with Crippen LogP contribution in [0.15, 0.2) is 24.3 Å². The van der Waals surface area contributed by atoms with E-state index in [2.05, 4.69) is 20.5 Å². The number of aromatic amines is 1. The molecule has 2 N–H and O–H groups in total. The average molecular weight is 323 g/mol. The average Bonchev–Trinajstić information content (AvgIpc) is 3.06. The van der Waals surface area contributed by atoms with Crippen molar-refractivity contribution in [3.63, 3.8) is 0 Å². The van der Waals surface area contributed by atoms with Crippen LogP contribution >= 0.6 is 0 Å². The number of carbonyl (C=O) groups excluding carboxylic acids is 1. The van der Waals surface area contributed by atoms with E-state index in [1.54, 1.807) is 0 Å². The summed E-state index contributed by atoms with van der Waals surface area (Å²) >= 11 is 0. The highest BCUT2D eigenvalue weighted by Gasteiger charge is 2.21. The summed E-state index contributed by atoms with van der Waals surface area (Å²) in [4.78, 5) is 17.1. The first-order valence-corrected chi connectivity index (χ1v) is 8.48. The maximum atomic E-state index is 12.6. The Kier molecular flexibility index (Phi) is 3.80. The van der Waals surface area contributed by atoms with Gasteiger partial charge >= 0.3 is 0 Å². The van der Waals surface area contributed by atoms with Gasteiger partial charge in [-0.1, -0.05) is 18.6 Å². The zero-order valence-electron chi connectivity index (χ0n) is 13.8. The summed E-state index contributed by atoms with van der Waals surface area (Å²) in [7, 11) is 1.97. The van der Waals surface area contributed by atoms with Crippen molar-refractivity contribution in [2.45, 2.75) is 38.6 Å². The fourth-order valence-electron chi connectivity index (χ4n) is 3.44. The minimum Gasteiger partial charge on any atom is -0.343 e. The number of hydrogen-bond donors (Lipinski definition) is 2. The van der Waals surface area contributed by atoms with Gasteiger partial charge < -0.3 is 9.88 Å². The van der Waals surface area contributed by atoms with Crippen molar-refractivity contribution < 1.29 is 4.79 Å². The second-order valence-corrected chi connectivity index (χ2v) is 6.35. The van der Waals surface area contributed by atoms with Gasteiger partial charge in [0.15, 0.2) is 5.69 Å². The molecule has 1 aliphatic carbocycles. The van der Waals surface area contributed by atoms with E-state index in [0.29, 0.717) is 12.2 Å². The molecule has 0 fully saturated rings. The minimum atomic E-state index is -0.124. The molecular formula is C18H21N5O. The van der Waals surface area contributed by atoms with Crippen molar-refractivity contribution in [3.05, 3.63) is 47.0 Å². The van der Waals surface area contributed by atoms with Gasteiger partial charge in [-0.05, 0) is 37.8 Å². The molecule has 0 bridgehead atoms. The molecule has 0 aliphatic heterocycles. The molecule has 24 heavy (non-hydrogen) atoms. The molecular weight excluding hydrogens is 302 g/mol. The van der Waals surface area contributed by atoms with Crippen LogP contribution in [-0.2, 0) is 26.4 Å². The number of benzene rings is 1. The number of hydrogen-bond acceptors (Lipinski definition) is 3. The Balaban J connectivity index is 1.52. The molecule has 3 aromatic rings. The molecule has 6 heteroatoms. The topological polar surface area (TPSA) is 75.6 Å². The molecule has 1 aliphatic rings. The Hall–Kier alpha value is -2.63. The third-order valence-corrected chi connectivity index (χ3v) is 4.81. The zero-order chi connectivity index (χ0) is 16.5. The molecule has 1 amide bonds. The summed E-state index contributed by atoms with van der Waals surface area (Å²) in [5, 5.41) is 10.3. The van der Waals surface area contributed by atoms with Gasteiger partial charge in [-0.3, -0.25) is 9.89 Å². The summed E-state index contributed by atoms with van der Waals surface area (Å²) < 4.78 is 2.01. The Morgan fingerprint density at radius 3 is 2.96 bits per heavy atom. The van der Waals surface area contributed by atoms with Gasteiger partial charge in [0.25, 0.3) is 5.91 Å². The fraction of sp³-hybridized carbons (Fsp3) is 0.389. The van der Waals surface area contributed by atoms with Crippen LogP contribution in [0.5, 0.6) is 0 Å². The van der Waals surface area contributed by atoms with E-state index in [0.717, 1.165) is 53.8 Å². The van der Waals surface area contributed by atoms with Gasteiger partial charge in [0.2, 0.25) is 0 Å². The lowest BCUT2D eigenvalue weighted by Gasteiger charge is -2.06. The van der Waals surface area contributed by atoms with Gasteiger partial charge in [0.1, 0.15) is 5.82 Å². The van der Waals surface area contributed by atoms with E-state index in [-0.39, 0.29) is 5.91 Å². The van der Waals surface area contributed by atoms with Gasteiger partial charge in [0, 0.05) is 18.3 Å². The monoisotopic (exact) mass is 323 g/mol. The normalized spacial score (nSPS) is 14.4. The Morgan fingerprint density at radius 2 is 2.08 bits per heavy atom. The van der Waals surface area contributed by atoms with Crippen LogP contribution in [0.4, 0.5) is 0 Å². The van der Waals surface area contributed by atoms with Crippen LogP contribution in [-0.4, -0.2) is 25.7 Å². The molecule has 2 aromatic heterocycles. The number of aromatic nitrogens is 4. The second kappa shape index (κ2) is 6.11. The molecule has 0 radical (unpaired) electrons. The van der Waals surface area contributed by atoms with Crippen LogP contribution < -0.4 is 5.32 Å². The lowest BCUT2D eigenvalue weighted by atomic mass is 10.1. The molecule has 124 valence electrons. The van der Waals surface area contributed by atoms with E-state index in [1.165, 1.54) is 6.42 Å². The fourth-order valence-corrected chi connectivity index (χ4v) is 3.44. The quantitative estimate of drug-likeness (QED) is 0.727. The van der Waals surface area contributed by atoms with E-state index >= 15 is 0 Å². The number of H-pyrrole nitrogens is 1. The lowest BCUT2D eigenvalue weighted by molar-refractivity contribution is 0.0943. The molecule has 0 spiro atoms. The highest BCUT2D eigenvalue weighted by atomic mass is 16.1. The second-order valence-electron chi connectivity index (χ2n) is 6.35. The van der Waals surface area contributed by atoms with E-state index in [4.69, 9.17) is 0 Å². The van der Waals surface area contributed by atoms with Crippen LogP contribution in [0.3, 0.4) is 0 Å². The molecule has 0 saturated heterocycles. The van der Waals surface area contributed by atoms with Crippen molar-refractivity contribution >= 4 is 16.9 Å². The third-order valence-electron chi connectivity index (χ3n) is 4.81. The van der Waals surface area contributed by atoms with Crippen LogP contribution in [0.25, 0.3) is 11.0 Å². The molecule has 0 atom stereocenters. The number of imidazole rings is 1. The van der Waals surface area contributed by atoms with E-state index < -0.39 is 0 Å². The van der Waals surface area contributed by atoms with Crippen molar-refractivity contribution in [2.24, 2.45) is 7.05 Å². The molecule has 6 nitrogen and oxygen atoms in total. The van der Waals surface area contributed by atoms with Gasteiger partial charge in [-0.15, -0.1) is 0 Å². The van der Waals surface area contributed by atoms with Crippen molar-refractivity contribution in [2.75, 3.05) is 0 Å². The van der Waals surface area contributed by atoms with Gasteiger partial charge in [-0.25, -0.2) is 4.98 Å². The number of rotatable bonds is 3. The van der Waals surface area contributed by atoms with Crippen LogP contribution in [0, 0.1) is 0 Å². The Bertz CT molecular complexity index is 892. The van der Waals surface area contributed by atoms with Crippen LogP contribution in [0.1, 0.15) is 46.8 Å². The molecule has 0 unspecified atom stereocenters. The van der Waals surface area contributed by atoms with E-state index in [9.17, 15) is 4.79 Å².